The molecule has 2 aliphatic rings. The van der Waals surface area contributed by atoms with Crippen molar-refractivity contribution in [3.63, 3.8) is 0 Å². The lowest BCUT2D eigenvalue weighted by molar-refractivity contribution is 0.122. The number of carbonyl (C=O) groups excluding carboxylic acids is 1. The van der Waals surface area contributed by atoms with Gasteiger partial charge in [0.05, 0.1) is 13.2 Å². The number of hydrogen-bond acceptors (Lipinski definition) is 4. The van der Waals surface area contributed by atoms with Gasteiger partial charge in [0.2, 0.25) is 0 Å². The Morgan fingerprint density at radius 1 is 1.28 bits per heavy atom. The van der Waals surface area contributed by atoms with Crippen LogP contribution in [0.5, 0.6) is 0 Å². The first-order valence-corrected chi connectivity index (χ1v) is 10.1. The Labute approximate surface area is 154 Å². The normalized spacial score (nSPS) is 18.0. The van der Waals surface area contributed by atoms with Crippen molar-refractivity contribution in [3.8, 4) is 0 Å². The summed E-state index contributed by atoms with van der Waals surface area (Å²) < 4.78 is 5.41. The second kappa shape index (κ2) is 9.15. The molecule has 2 aliphatic heterocycles. The van der Waals surface area contributed by atoms with Crippen LogP contribution in [0.15, 0.2) is 29.8 Å². The summed E-state index contributed by atoms with van der Waals surface area (Å²) in [5.41, 5.74) is 4.52. The maximum Gasteiger partial charge on any atom is 0.319 e. The lowest BCUT2D eigenvalue weighted by Gasteiger charge is -2.29. The van der Waals surface area contributed by atoms with Gasteiger partial charge in [-0.05, 0) is 49.0 Å². The van der Waals surface area contributed by atoms with Crippen LogP contribution in [0.3, 0.4) is 0 Å². The highest BCUT2D eigenvalue weighted by Crippen LogP contribution is 2.24. The maximum atomic E-state index is 12.2. The summed E-state index contributed by atoms with van der Waals surface area (Å²) >= 11 is 2.00. The summed E-state index contributed by atoms with van der Waals surface area (Å²) in [5.74, 6) is 2.40. The zero-order valence-electron chi connectivity index (χ0n) is 14.8. The van der Waals surface area contributed by atoms with Gasteiger partial charge in [-0.2, -0.15) is 11.8 Å². The molecule has 6 heteroatoms. The predicted molar refractivity (Wildman–Crippen MR) is 106 cm³/mol. The van der Waals surface area contributed by atoms with Gasteiger partial charge in [0.25, 0.3) is 0 Å². The molecule has 0 bridgehead atoms. The largest absolute Gasteiger partial charge is 0.378 e. The number of rotatable bonds is 4. The van der Waals surface area contributed by atoms with Crippen molar-refractivity contribution in [3.05, 3.63) is 35.4 Å². The van der Waals surface area contributed by atoms with Crippen molar-refractivity contribution in [1.82, 2.24) is 5.32 Å². The highest BCUT2D eigenvalue weighted by Gasteiger charge is 2.13. The molecule has 0 saturated carbocycles. The number of nitrogens with zero attached hydrogens (tertiary/aromatic N) is 1. The third-order valence-corrected chi connectivity index (χ3v) is 5.62. The highest BCUT2D eigenvalue weighted by molar-refractivity contribution is 7.99. The Balaban J connectivity index is 1.54. The Kier molecular flexibility index (Phi) is 6.64. The van der Waals surface area contributed by atoms with Gasteiger partial charge in [0, 0.05) is 31.0 Å². The van der Waals surface area contributed by atoms with Crippen LogP contribution in [0.25, 0.3) is 0 Å². The average Bonchev–Trinajstić information content (AvgIpc) is 2.65. The van der Waals surface area contributed by atoms with E-state index in [0.717, 1.165) is 56.1 Å². The molecule has 5 nitrogen and oxygen atoms in total. The quantitative estimate of drug-likeness (QED) is 0.807. The first-order chi connectivity index (χ1) is 12.2. The third-order valence-electron chi connectivity index (χ3n) is 4.63. The van der Waals surface area contributed by atoms with E-state index < -0.39 is 0 Å². The number of anilines is 2. The molecule has 0 aliphatic carbocycles. The number of hydrogen-bond donors (Lipinski definition) is 2. The summed E-state index contributed by atoms with van der Waals surface area (Å²) in [4.78, 5) is 14.5. The first kappa shape index (κ1) is 18.1. The van der Waals surface area contributed by atoms with Gasteiger partial charge in [-0.3, -0.25) is 0 Å². The molecule has 2 N–H and O–H groups in total. The van der Waals surface area contributed by atoms with Crippen LogP contribution in [0.4, 0.5) is 16.2 Å². The molecule has 136 valence electrons. The average molecular weight is 362 g/mol. The maximum absolute atomic E-state index is 12.2. The Hall–Kier alpha value is -1.66. The second-order valence-corrected chi connectivity index (χ2v) is 7.63. The van der Waals surface area contributed by atoms with E-state index >= 15 is 0 Å². The van der Waals surface area contributed by atoms with Crippen molar-refractivity contribution in [2.24, 2.45) is 0 Å². The summed E-state index contributed by atoms with van der Waals surface area (Å²) in [6.45, 7) is 5.89. The van der Waals surface area contributed by atoms with Gasteiger partial charge in [-0.25, -0.2) is 4.79 Å². The van der Waals surface area contributed by atoms with E-state index in [1.54, 1.807) is 0 Å². The number of ether oxygens (including phenoxy) is 1. The number of benzene rings is 1. The number of amides is 2. The summed E-state index contributed by atoms with van der Waals surface area (Å²) in [7, 11) is 0. The first-order valence-electron chi connectivity index (χ1n) is 8.96. The number of thioether (sulfide) groups is 1. The molecule has 1 aromatic carbocycles. The number of allylic oxidation sites excluding steroid dienone is 1. The van der Waals surface area contributed by atoms with Gasteiger partial charge >= 0.3 is 6.03 Å². The fourth-order valence-corrected chi connectivity index (χ4v) is 4.07. The van der Waals surface area contributed by atoms with Crippen molar-refractivity contribution in [1.29, 1.82) is 0 Å². The summed E-state index contributed by atoms with van der Waals surface area (Å²) in [5, 5.41) is 5.92. The van der Waals surface area contributed by atoms with Crippen molar-refractivity contribution >= 4 is 29.2 Å². The number of nitrogens with one attached hydrogen (secondary N) is 2. The minimum atomic E-state index is -0.149. The fraction of sp³-hybridized carbons (Fsp3) is 0.526. The molecule has 1 aromatic rings. The zero-order chi connectivity index (χ0) is 17.5. The standard InChI is InChI=1S/C19H27N3O2S/c1-15-2-3-17(22-8-10-24-11-9-22)14-18(15)21-19(23)20-7-4-16-5-12-25-13-6-16/h2-4,14H,5-13H2,1H3,(H2,20,21,23). The van der Waals surface area contributed by atoms with E-state index in [9.17, 15) is 4.79 Å². The summed E-state index contributed by atoms with van der Waals surface area (Å²) in [6.07, 6.45) is 4.46. The number of urea groups is 1. The van der Waals surface area contributed by atoms with Gasteiger partial charge < -0.3 is 20.3 Å². The number of aryl methyl sites for hydroxylation is 1. The molecule has 25 heavy (non-hydrogen) atoms. The van der Waals surface area contributed by atoms with Gasteiger partial charge in [0.15, 0.2) is 0 Å². The fourth-order valence-electron chi connectivity index (χ4n) is 3.06. The summed E-state index contributed by atoms with van der Waals surface area (Å²) in [6, 6.07) is 6.07. The molecule has 2 fully saturated rings. The molecule has 0 unspecified atom stereocenters. The van der Waals surface area contributed by atoms with Crippen LogP contribution in [-0.2, 0) is 4.74 Å². The Morgan fingerprint density at radius 3 is 2.80 bits per heavy atom. The Bertz CT molecular complexity index is 619. The molecule has 2 saturated heterocycles. The van der Waals surface area contributed by atoms with E-state index in [-0.39, 0.29) is 6.03 Å². The molecule has 0 atom stereocenters. The third kappa shape index (κ3) is 5.41. The molecular formula is C19H27N3O2S. The highest BCUT2D eigenvalue weighted by atomic mass is 32.2. The minimum absolute atomic E-state index is 0.149. The molecule has 3 rings (SSSR count). The van der Waals surface area contributed by atoms with Crippen LogP contribution in [0.2, 0.25) is 0 Å². The van der Waals surface area contributed by atoms with Gasteiger partial charge in [-0.1, -0.05) is 17.7 Å². The van der Waals surface area contributed by atoms with Crippen LogP contribution in [0.1, 0.15) is 18.4 Å². The van der Waals surface area contributed by atoms with Crippen molar-refractivity contribution in [2.45, 2.75) is 19.8 Å². The molecular weight excluding hydrogens is 334 g/mol. The predicted octanol–water partition coefficient (Wildman–Crippen LogP) is 3.41. The van der Waals surface area contributed by atoms with E-state index in [2.05, 4.69) is 39.8 Å². The monoisotopic (exact) mass is 361 g/mol. The van der Waals surface area contributed by atoms with Crippen LogP contribution < -0.4 is 15.5 Å². The van der Waals surface area contributed by atoms with Crippen molar-refractivity contribution < 1.29 is 9.53 Å². The van der Waals surface area contributed by atoms with Crippen LogP contribution >= 0.6 is 11.8 Å². The van der Waals surface area contributed by atoms with Crippen LogP contribution in [-0.4, -0.2) is 50.4 Å². The number of carbonyl (C=O) groups is 1. The molecule has 0 aromatic heterocycles. The lowest BCUT2D eigenvalue weighted by Crippen LogP contribution is -2.36. The van der Waals surface area contributed by atoms with E-state index in [4.69, 9.17) is 4.74 Å². The lowest BCUT2D eigenvalue weighted by atomic mass is 10.1. The SMILES string of the molecule is Cc1ccc(N2CCOCC2)cc1NC(=O)NCC=C1CCSCC1. The molecule has 2 heterocycles. The van der Waals surface area contributed by atoms with E-state index in [0.29, 0.717) is 6.54 Å². The van der Waals surface area contributed by atoms with Crippen LogP contribution in [0, 0.1) is 6.92 Å². The van der Waals surface area contributed by atoms with E-state index in [1.807, 2.05) is 18.7 Å². The smallest absolute Gasteiger partial charge is 0.319 e. The number of morpholine rings is 1. The van der Waals surface area contributed by atoms with E-state index in [1.165, 1.54) is 17.1 Å². The topological polar surface area (TPSA) is 53.6 Å². The molecule has 0 spiro atoms. The van der Waals surface area contributed by atoms with Gasteiger partial charge in [-0.15, -0.1) is 0 Å². The minimum Gasteiger partial charge on any atom is -0.378 e. The molecule has 2 amide bonds. The zero-order valence-corrected chi connectivity index (χ0v) is 15.7. The van der Waals surface area contributed by atoms with Crippen molar-refractivity contribution in [2.75, 3.05) is 54.6 Å². The molecule has 0 radical (unpaired) electrons. The Morgan fingerprint density at radius 2 is 2.04 bits per heavy atom. The second-order valence-electron chi connectivity index (χ2n) is 6.41. The van der Waals surface area contributed by atoms with Gasteiger partial charge in [0.1, 0.15) is 0 Å².